The highest BCUT2D eigenvalue weighted by Gasteiger charge is 2.45. The Morgan fingerprint density at radius 1 is 0.862 bits per heavy atom. The molecule has 0 saturated carbocycles. The number of sulfone groups is 1. The third kappa shape index (κ3) is 4.47. The van der Waals surface area contributed by atoms with Gasteiger partial charge in [0.2, 0.25) is 0 Å². The van der Waals surface area contributed by atoms with E-state index in [1.165, 1.54) is 12.1 Å². The molecule has 2 aromatic rings. The summed E-state index contributed by atoms with van der Waals surface area (Å²) in [4.78, 5) is 3.17. The number of hydrogen-bond acceptors (Lipinski definition) is 3. The van der Waals surface area contributed by atoms with Crippen LogP contribution in [0.1, 0.15) is 41.6 Å². The fraction of sp³-hybridized carbons (Fsp3) is 0.316. The van der Waals surface area contributed by atoms with Crippen molar-refractivity contribution in [2.45, 2.75) is 36.5 Å². The van der Waals surface area contributed by atoms with Crippen molar-refractivity contribution < 1.29 is 34.8 Å². The molecular weight excluding hydrogens is 420 g/mol. The number of pyridine rings is 1. The van der Waals surface area contributed by atoms with E-state index in [0.29, 0.717) is 42.0 Å². The summed E-state index contributed by atoms with van der Waals surface area (Å²) in [6, 6.07) is 6.35. The Balaban J connectivity index is 2.11. The summed E-state index contributed by atoms with van der Waals surface area (Å²) in [5.41, 5.74) is -2.06. The molecule has 0 fully saturated rings. The Kier molecular flexibility index (Phi) is 5.27. The second-order valence-corrected chi connectivity index (χ2v) is 8.74. The second-order valence-electron chi connectivity index (χ2n) is 6.72. The van der Waals surface area contributed by atoms with Crippen LogP contribution in [0.4, 0.5) is 26.3 Å². The molecule has 0 atom stereocenters. The molecule has 0 N–H and O–H groups in total. The van der Waals surface area contributed by atoms with E-state index in [-0.39, 0.29) is 10.5 Å². The highest BCUT2D eigenvalue weighted by molar-refractivity contribution is 7.90. The lowest BCUT2D eigenvalue weighted by Gasteiger charge is -2.16. The van der Waals surface area contributed by atoms with Crippen LogP contribution < -0.4 is 0 Å². The molecule has 0 amide bonds. The Morgan fingerprint density at radius 3 is 1.90 bits per heavy atom. The molecule has 0 aliphatic heterocycles. The quantitative estimate of drug-likeness (QED) is 0.588. The number of alkyl halides is 6. The highest BCUT2D eigenvalue weighted by Crippen LogP contribution is 2.44. The number of halogens is 6. The largest absolute Gasteiger partial charge is 0.433 e. The molecule has 3 nitrogen and oxygen atoms in total. The molecule has 0 bridgehead atoms. The minimum absolute atomic E-state index is 0.0231. The van der Waals surface area contributed by atoms with Gasteiger partial charge in [0.1, 0.15) is 0 Å². The summed E-state index contributed by atoms with van der Waals surface area (Å²) in [6.07, 6.45) is -7.06. The van der Waals surface area contributed by atoms with E-state index in [0.717, 1.165) is 12.5 Å². The fourth-order valence-corrected chi connectivity index (χ4v) is 3.99. The molecule has 1 aliphatic carbocycles. The van der Waals surface area contributed by atoms with E-state index in [1.807, 2.05) is 0 Å². The number of rotatable bonds is 3. The van der Waals surface area contributed by atoms with Crippen LogP contribution in [0.2, 0.25) is 0 Å². The lowest BCUT2D eigenvalue weighted by molar-refractivity contribution is -0.164. The molecule has 1 heterocycles. The van der Waals surface area contributed by atoms with E-state index in [2.05, 4.69) is 4.98 Å². The van der Waals surface area contributed by atoms with Gasteiger partial charge in [0.15, 0.2) is 15.5 Å². The smallest absolute Gasteiger partial charge is 0.251 e. The van der Waals surface area contributed by atoms with E-state index < -0.39 is 33.4 Å². The van der Waals surface area contributed by atoms with Gasteiger partial charge >= 0.3 is 12.4 Å². The molecule has 10 heteroatoms. The standard InChI is InChI=1S/C19H15F6NO2S/c1-29(27,28)13-7-5-11(6-8-13)14-3-2-4-15(14)12-9-16(18(20,21)22)17(26-10-12)19(23,24)25/h5-10H,2-4H2,1H3. The van der Waals surface area contributed by atoms with Crippen molar-refractivity contribution in [3.8, 4) is 0 Å². The molecule has 1 aromatic heterocycles. The SMILES string of the molecule is CS(=O)(=O)c1ccc(C2=C(c3cnc(C(F)(F)F)c(C(F)(F)F)c3)CCC2)cc1. The van der Waals surface area contributed by atoms with E-state index in [1.54, 1.807) is 12.1 Å². The first-order valence-electron chi connectivity index (χ1n) is 8.46. The highest BCUT2D eigenvalue weighted by atomic mass is 32.2. The van der Waals surface area contributed by atoms with Crippen LogP contribution in [0.15, 0.2) is 41.4 Å². The first-order chi connectivity index (χ1) is 13.3. The molecule has 0 unspecified atom stereocenters. The maximum atomic E-state index is 13.2. The van der Waals surface area contributed by atoms with Crippen LogP contribution in [-0.4, -0.2) is 19.7 Å². The topological polar surface area (TPSA) is 47.0 Å². The van der Waals surface area contributed by atoms with Gasteiger partial charge in [-0.1, -0.05) is 12.1 Å². The summed E-state index contributed by atoms with van der Waals surface area (Å²) < 4.78 is 102. The fourth-order valence-electron chi connectivity index (χ4n) is 3.36. The van der Waals surface area contributed by atoms with Crippen molar-refractivity contribution in [2.24, 2.45) is 0 Å². The first-order valence-corrected chi connectivity index (χ1v) is 10.3. The van der Waals surface area contributed by atoms with Crippen molar-refractivity contribution in [3.05, 3.63) is 58.9 Å². The molecular formula is C19H15F6NO2S. The maximum absolute atomic E-state index is 13.2. The second kappa shape index (κ2) is 7.16. The number of hydrogen-bond donors (Lipinski definition) is 0. The van der Waals surface area contributed by atoms with Gasteiger partial charge in [-0.2, -0.15) is 26.3 Å². The molecule has 0 saturated heterocycles. The molecule has 29 heavy (non-hydrogen) atoms. The summed E-state index contributed by atoms with van der Waals surface area (Å²) in [5, 5.41) is 0. The van der Waals surface area contributed by atoms with Crippen molar-refractivity contribution in [1.29, 1.82) is 0 Å². The zero-order chi connectivity index (χ0) is 21.6. The summed E-state index contributed by atoms with van der Waals surface area (Å²) in [5.74, 6) is 0. The van der Waals surface area contributed by atoms with Crippen LogP contribution in [0.25, 0.3) is 11.1 Å². The van der Waals surface area contributed by atoms with Gasteiger partial charge < -0.3 is 0 Å². The molecule has 0 radical (unpaired) electrons. The predicted molar refractivity (Wildman–Crippen MR) is 94.5 cm³/mol. The van der Waals surface area contributed by atoms with Gasteiger partial charge in [-0.3, -0.25) is 4.98 Å². The lowest BCUT2D eigenvalue weighted by Crippen LogP contribution is -2.18. The van der Waals surface area contributed by atoms with Gasteiger partial charge in [-0.25, -0.2) is 8.42 Å². The molecule has 1 aliphatic rings. The minimum atomic E-state index is -5.22. The van der Waals surface area contributed by atoms with Crippen molar-refractivity contribution in [2.75, 3.05) is 6.26 Å². The normalized spacial score (nSPS) is 15.8. The summed E-state index contributed by atoms with van der Waals surface area (Å²) >= 11 is 0. The average Bonchev–Trinajstić information content (AvgIpc) is 3.09. The lowest BCUT2D eigenvalue weighted by atomic mass is 9.96. The summed E-state index contributed by atoms with van der Waals surface area (Å²) in [6.45, 7) is 0. The molecule has 156 valence electrons. The zero-order valence-corrected chi connectivity index (χ0v) is 15.8. The Hall–Kier alpha value is -2.36. The van der Waals surface area contributed by atoms with Gasteiger partial charge in [-0.05, 0) is 59.7 Å². The van der Waals surface area contributed by atoms with Gasteiger partial charge in [-0.15, -0.1) is 0 Å². The van der Waals surface area contributed by atoms with Crippen molar-refractivity contribution in [1.82, 2.24) is 4.98 Å². The van der Waals surface area contributed by atoms with E-state index >= 15 is 0 Å². The molecule has 1 aromatic carbocycles. The minimum Gasteiger partial charge on any atom is -0.251 e. The van der Waals surface area contributed by atoms with Crippen LogP contribution in [-0.2, 0) is 22.2 Å². The number of nitrogens with zero attached hydrogens (tertiary/aromatic N) is 1. The van der Waals surface area contributed by atoms with Gasteiger partial charge in [0.05, 0.1) is 10.5 Å². The molecule has 0 spiro atoms. The van der Waals surface area contributed by atoms with Crippen LogP contribution in [0.5, 0.6) is 0 Å². The van der Waals surface area contributed by atoms with Crippen molar-refractivity contribution in [3.63, 3.8) is 0 Å². The predicted octanol–water partition coefficient (Wildman–Crippen LogP) is 5.62. The Labute approximate surface area is 163 Å². The van der Waals surface area contributed by atoms with E-state index in [4.69, 9.17) is 0 Å². The van der Waals surface area contributed by atoms with Gasteiger partial charge in [0.25, 0.3) is 0 Å². The number of aromatic nitrogens is 1. The zero-order valence-electron chi connectivity index (χ0n) is 15.0. The van der Waals surface area contributed by atoms with Crippen molar-refractivity contribution >= 4 is 21.0 Å². The van der Waals surface area contributed by atoms with Crippen LogP contribution in [0.3, 0.4) is 0 Å². The molecule has 3 rings (SSSR count). The third-order valence-electron chi connectivity index (χ3n) is 4.66. The first kappa shape index (κ1) is 21.4. The number of benzene rings is 1. The average molecular weight is 435 g/mol. The number of allylic oxidation sites excluding steroid dienone is 2. The van der Waals surface area contributed by atoms with Crippen LogP contribution in [0, 0.1) is 0 Å². The third-order valence-corrected chi connectivity index (χ3v) is 5.79. The maximum Gasteiger partial charge on any atom is 0.433 e. The monoisotopic (exact) mass is 435 g/mol. The Bertz CT molecular complexity index is 1070. The Morgan fingerprint density at radius 2 is 1.41 bits per heavy atom. The van der Waals surface area contributed by atoms with Crippen LogP contribution >= 0.6 is 0 Å². The van der Waals surface area contributed by atoms with E-state index in [9.17, 15) is 34.8 Å². The summed E-state index contributed by atoms with van der Waals surface area (Å²) in [7, 11) is -3.41. The van der Waals surface area contributed by atoms with Gasteiger partial charge in [0, 0.05) is 12.5 Å².